The van der Waals surface area contributed by atoms with E-state index in [0.717, 1.165) is 16.3 Å². The number of carbonyl (C=O) groups is 5. The van der Waals surface area contributed by atoms with Crippen molar-refractivity contribution in [2.45, 2.75) is 69.6 Å². The molecule has 5 rings (SSSR count). The minimum absolute atomic E-state index is 0.0710. The van der Waals surface area contributed by atoms with E-state index in [1.807, 2.05) is 49.4 Å². The van der Waals surface area contributed by atoms with Crippen molar-refractivity contribution in [3.05, 3.63) is 83.7 Å². The van der Waals surface area contributed by atoms with E-state index in [2.05, 4.69) is 16.0 Å². The number of piperazine rings is 1. The van der Waals surface area contributed by atoms with Crippen molar-refractivity contribution in [2.75, 3.05) is 20.1 Å². The zero-order valence-corrected chi connectivity index (χ0v) is 26.1. The smallest absolute Gasteiger partial charge is 0.246 e. The second kappa shape index (κ2) is 14.5. The van der Waals surface area contributed by atoms with E-state index in [-0.39, 0.29) is 43.7 Å². The first-order chi connectivity index (χ1) is 22.2. The third-order valence-corrected chi connectivity index (χ3v) is 8.82. The van der Waals surface area contributed by atoms with Crippen LogP contribution in [0.5, 0.6) is 0 Å². The van der Waals surface area contributed by atoms with E-state index in [0.29, 0.717) is 31.2 Å². The number of nitrogens with zero attached hydrogens (tertiary/aromatic N) is 2. The topological polar surface area (TPSA) is 128 Å². The Morgan fingerprint density at radius 3 is 2.35 bits per heavy atom. The van der Waals surface area contributed by atoms with Crippen LogP contribution >= 0.6 is 0 Å². The molecule has 0 saturated carbocycles. The van der Waals surface area contributed by atoms with Crippen molar-refractivity contribution in [1.29, 1.82) is 0 Å². The summed E-state index contributed by atoms with van der Waals surface area (Å²) in [6.07, 6.45) is 1.88. The van der Waals surface area contributed by atoms with Crippen LogP contribution in [0, 0.1) is 5.82 Å². The summed E-state index contributed by atoms with van der Waals surface area (Å²) >= 11 is 0. The largest absolute Gasteiger partial charge is 0.357 e. The van der Waals surface area contributed by atoms with E-state index >= 15 is 0 Å². The Bertz CT molecular complexity index is 1610. The van der Waals surface area contributed by atoms with Gasteiger partial charge in [0.25, 0.3) is 0 Å². The monoisotopic (exact) mass is 629 g/mol. The van der Waals surface area contributed by atoms with Gasteiger partial charge >= 0.3 is 0 Å². The standard InChI is InChI=1S/C35H40FN5O5/c1-3-6-29-35(46)41(30(33(44)37-2)21-23-9-12-24-7-4-5-8-25(24)19-23)18-17-40(29)34(45)28(20-22-10-13-26(36)14-11-22)39-32(43)27-15-16-31(42)38-27/h4-5,7-14,19,27-30H,3,6,15-18,20-21H2,1-2H3,(H,37,44)(H,38,42)(H,39,43)/t27?,28-,29+,30+/m1/s1. The van der Waals surface area contributed by atoms with E-state index in [4.69, 9.17) is 0 Å². The molecule has 0 bridgehead atoms. The first-order valence-electron chi connectivity index (χ1n) is 15.8. The molecule has 0 spiro atoms. The fraction of sp³-hybridized carbons (Fsp3) is 0.400. The molecule has 1 unspecified atom stereocenters. The predicted molar refractivity (Wildman–Crippen MR) is 171 cm³/mol. The maximum atomic E-state index is 14.2. The molecular formula is C35H40FN5O5. The molecule has 4 atom stereocenters. The number of carbonyl (C=O) groups excluding carboxylic acids is 5. The Labute approximate surface area is 267 Å². The molecule has 46 heavy (non-hydrogen) atoms. The van der Waals surface area contributed by atoms with Gasteiger partial charge in [0.1, 0.15) is 30.0 Å². The number of nitrogens with one attached hydrogen (secondary N) is 3. The van der Waals surface area contributed by atoms with Gasteiger partial charge in [-0.2, -0.15) is 0 Å². The molecule has 242 valence electrons. The average Bonchev–Trinajstić information content (AvgIpc) is 3.51. The molecule has 3 aromatic rings. The average molecular weight is 630 g/mol. The number of likely N-dealkylation sites (N-methyl/N-ethyl adjacent to an activating group) is 1. The summed E-state index contributed by atoms with van der Waals surface area (Å²) in [6, 6.07) is 16.1. The number of halogens is 1. The van der Waals surface area contributed by atoms with Crippen LogP contribution in [0.3, 0.4) is 0 Å². The third-order valence-electron chi connectivity index (χ3n) is 8.82. The number of fused-ring (bicyclic) bond motifs is 1. The molecule has 2 fully saturated rings. The Kier molecular flexibility index (Phi) is 10.3. The lowest BCUT2D eigenvalue weighted by molar-refractivity contribution is -0.157. The van der Waals surface area contributed by atoms with E-state index < -0.39 is 41.8 Å². The molecule has 2 aliphatic heterocycles. The summed E-state index contributed by atoms with van der Waals surface area (Å²) in [5, 5.41) is 10.2. The lowest BCUT2D eigenvalue weighted by Gasteiger charge is -2.44. The second-order valence-electron chi connectivity index (χ2n) is 11.9. The molecule has 5 amide bonds. The van der Waals surface area contributed by atoms with Crippen molar-refractivity contribution < 1.29 is 28.4 Å². The van der Waals surface area contributed by atoms with E-state index in [1.165, 1.54) is 17.0 Å². The molecule has 3 aromatic carbocycles. The molecule has 10 nitrogen and oxygen atoms in total. The second-order valence-corrected chi connectivity index (χ2v) is 11.9. The van der Waals surface area contributed by atoms with Crippen molar-refractivity contribution >= 4 is 40.3 Å². The van der Waals surface area contributed by atoms with E-state index in [9.17, 15) is 28.4 Å². The van der Waals surface area contributed by atoms with Crippen LogP contribution < -0.4 is 16.0 Å². The Balaban J connectivity index is 1.38. The predicted octanol–water partition coefficient (Wildman–Crippen LogP) is 2.48. The summed E-state index contributed by atoms with van der Waals surface area (Å²) in [6.45, 7) is 2.21. The minimum atomic E-state index is -1.05. The van der Waals surface area contributed by atoms with Crippen LogP contribution in [0.15, 0.2) is 66.7 Å². The lowest BCUT2D eigenvalue weighted by atomic mass is 9.96. The van der Waals surface area contributed by atoms with Gasteiger partial charge in [0.05, 0.1) is 0 Å². The van der Waals surface area contributed by atoms with Gasteiger partial charge in [-0.1, -0.05) is 67.9 Å². The van der Waals surface area contributed by atoms with Crippen molar-refractivity contribution in [3.63, 3.8) is 0 Å². The van der Waals surface area contributed by atoms with Gasteiger partial charge < -0.3 is 25.8 Å². The van der Waals surface area contributed by atoms with Crippen molar-refractivity contribution in [3.8, 4) is 0 Å². The van der Waals surface area contributed by atoms with Gasteiger partial charge in [0.2, 0.25) is 29.5 Å². The highest BCUT2D eigenvalue weighted by Crippen LogP contribution is 2.24. The zero-order chi connectivity index (χ0) is 32.8. The molecule has 0 aliphatic carbocycles. The van der Waals surface area contributed by atoms with Gasteiger partial charge in [-0.3, -0.25) is 24.0 Å². The van der Waals surface area contributed by atoms with Gasteiger partial charge in [0, 0.05) is 39.4 Å². The van der Waals surface area contributed by atoms with Gasteiger partial charge in [-0.05, 0) is 46.9 Å². The van der Waals surface area contributed by atoms with Gasteiger partial charge in [0.15, 0.2) is 0 Å². The van der Waals surface area contributed by atoms with Crippen LogP contribution in [0.4, 0.5) is 4.39 Å². The van der Waals surface area contributed by atoms with Gasteiger partial charge in [-0.25, -0.2) is 4.39 Å². The van der Waals surface area contributed by atoms with Gasteiger partial charge in [-0.15, -0.1) is 0 Å². The molecular weight excluding hydrogens is 589 g/mol. The number of amides is 5. The van der Waals surface area contributed by atoms with Crippen LogP contribution in [0.25, 0.3) is 10.8 Å². The summed E-state index contributed by atoms with van der Waals surface area (Å²) < 4.78 is 13.6. The minimum Gasteiger partial charge on any atom is -0.357 e. The summed E-state index contributed by atoms with van der Waals surface area (Å²) in [5.41, 5.74) is 1.54. The quantitative estimate of drug-likeness (QED) is 0.301. The fourth-order valence-corrected chi connectivity index (χ4v) is 6.37. The fourth-order valence-electron chi connectivity index (χ4n) is 6.37. The zero-order valence-electron chi connectivity index (χ0n) is 26.1. The van der Waals surface area contributed by atoms with Crippen LogP contribution in [-0.2, 0) is 36.8 Å². The van der Waals surface area contributed by atoms with Crippen LogP contribution in [0.2, 0.25) is 0 Å². The Morgan fingerprint density at radius 1 is 0.957 bits per heavy atom. The number of hydrogen-bond donors (Lipinski definition) is 3. The first-order valence-corrected chi connectivity index (χ1v) is 15.8. The SMILES string of the molecule is CCC[C@H]1C(=O)N([C@@H](Cc2ccc3ccccc3c2)C(=O)NC)CCN1C(=O)[C@@H](Cc1ccc(F)cc1)NC(=O)C1CCC(=O)N1. The number of rotatable bonds is 11. The normalized spacial score (nSPS) is 19.5. The lowest BCUT2D eigenvalue weighted by Crippen LogP contribution is -2.66. The highest BCUT2D eigenvalue weighted by atomic mass is 19.1. The Hall–Kier alpha value is -4.80. The molecule has 2 aliphatic rings. The molecule has 2 saturated heterocycles. The molecule has 2 heterocycles. The number of benzene rings is 3. The highest BCUT2D eigenvalue weighted by molar-refractivity contribution is 5.97. The van der Waals surface area contributed by atoms with Crippen LogP contribution in [0.1, 0.15) is 43.7 Å². The maximum Gasteiger partial charge on any atom is 0.246 e. The molecule has 0 aromatic heterocycles. The third kappa shape index (κ3) is 7.35. The molecule has 3 N–H and O–H groups in total. The van der Waals surface area contributed by atoms with Crippen LogP contribution in [-0.4, -0.2) is 83.6 Å². The number of hydrogen-bond acceptors (Lipinski definition) is 5. The molecule has 0 radical (unpaired) electrons. The summed E-state index contributed by atoms with van der Waals surface area (Å²) in [7, 11) is 1.54. The Morgan fingerprint density at radius 2 is 1.67 bits per heavy atom. The molecule has 11 heteroatoms. The summed E-state index contributed by atoms with van der Waals surface area (Å²) in [4.78, 5) is 69.5. The van der Waals surface area contributed by atoms with E-state index in [1.54, 1.807) is 24.1 Å². The first kappa shape index (κ1) is 32.6. The van der Waals surface area contributed by atoms with Crippen molar-refractivity contribution in [2.24, 2.45) is 0 Å². The maximum absolute atomic E-state index is 14.2. The summed E-state index contributed by atoms with van der Waals surface area (Å²) in [5.74, 6) is -2.22. The van der Waals surface area contributed by atoms with Crippen molar-refractivity contribution in [1.82, 2.24) is 25.8 Å². The highest BCUT2D eigenvalue weighted by Gasteiger charge is 2.43.